The van der Waals surface area contributed by atoms with E-state index in [1.165, 1.54) is 0 Å². The molecule has 0 aliphatic heterocycles. The standard InChI is InChI=1S/C16H16ClNO3/c1-12(11-21-15-9-7-13(17)8-10-15)16(19)18(20)14-5-3-2-4-6-14/h2-10,12,20H,11H2,1H3. The van der Waals surface area contributed by atoms with Gasteiger partial charge in [0.1, 0.15) is 5.75 Å². The average molecular weight is 306 g/mol. The van der Waals surface area contributed by atoms with Crippen molar-refractivity contribution in [2.24, 2.45) is 5.92 Å². The highest BCUT2D eigenvalue weighted by Gasteiger charge is 2.21. The van der Waals surface area contributed by atoms with Gasteiger partial charge in [0.15, 0.2) is 0 Å². The van der Waals surface area contributed by atoms with Gasteiger partial charge in [0, 0.05) is 5.02 Å². The van der Waals surface area contributed by atoms with Gasteiger partial charge >= 0.3 is 0 Å². The summed E-state index contributed by atoms with van der Waals surface area (Å²) in [6, 6.07) is 15.5. The van der Waals surface area contributed by atoms with Crippen LogP contribution in [0.15, 0.2) is 54.6 Å². The molecule has 0 fully saturated rings. The Labute approximate surface area is 128 Å². The van der Waals surface area contributed by atoms with Gasteiger partial charge < -0.3 is 4.74 Å². The minimum atomic E-state index is -0.481. The molecule has 0 bridgehead atoms. The average Bonchev–Trinajstić information content (AvgIpc) is 2.53. The first-order chi connectivity index (χ1) is 10.1. The third-order valence-corrected chi connectivity index (χ3v) is 3.20. The largest absolute Gasteiger partial charge is 0.493 e. The maximum atomic E-state index is 12.1. The van der Waals surface area contributed by atoms with Crippen molar-refractivity contribution in [3.05, 3.63) is 59.6 Å². The molecule has 0 saturated heterocycles. The lowest BCUT2D eigenvalue weighted by Gasteiger charge is -2.19. The van der Waals surface area contributed by atoms with Crippen LogP contribution in [0.4, 0.5) is 5.69 Å². The number of amides is 1. The third-order valence-electron chi connectivity index (χ3n) is 2.94. The summed E-state index contributed by atoms with van der Waals surface area (Å²) in [7, 11) is 0. The number of anilines is 1. The Morgan fingerprint density at radius 1 is 1.19 bits per heavy atom. The highest BCUT2D eigenvalue weighted by Crippen LogP contribution is 2.18. The van der Waals surface area contributed by atoms with Gasteiger partial charge in [-0.25, -0.2) is 0 Å². The zero-order valence-corrected chi connectivity index (χ0v) is 12.3. The quantitative estimate of drug-likeness (QED) is 0.675. The number of para-hydroxylation sites is 1. The molecule has 110 valence electrons. The molecule has 5 heteroatoms. The molecule has 1 atom stereocenters. The maximum Gasteiger partial charge on any atom is 0.256 e. The van der Waals surface area contributed by atoms with Crippen LogP contribution in [0.3, 0.4) is 0 Å². The summed E-state index contributed by atoms with van der Waals surface area (Å²) in [5.74, 6) is -0.274. The molecule has 1 N–H and O–H groups in total. The number of hydrogen-bond acceptors (Lipinski definition) is 3. The fraction of sp³-hybridized carbons (Fsp3) is 0.188. The number of ether oxygens (including phenoxy) is 1. The molecule has 2 rings (SSSR count). The molecule has 1 amide bonds. The van der Waals surface area contributed by atoms with Gasteiger partial charge in [-0.2, -0.15) is 5.06 Å². The zero-order valence-electron chi connectivity index (χ0n) is 11.6. The van der Waals surface area contributed by atoms with Crippen LogP contribution in [0.25, 0.3) is 0 Å². The number of hydrogen-bond donors (Lipinski definition) is 1. The first-order valence-electron chi connectivity index (χ1n) is 6.54. The molecular weight excluding hydrogens is 290 g/mol. The summed E-state index contributed by atoms with van der Waals surface area (Å²) in [6.45, 7) is 1.87. The van der Waals surface area contributed by atoms with Gasteiger partial charge in [0.2, 0.25) is 0 Å². The second-order valence-electron chi connectivity index (χ2n) is 4.65. The molecule has 0 spiro atoms. The predicted octanol–water partition coefficient (Wildman–Crippen LogP) is 3.78. The van der Waals surface area contributed by atoms with Crippen molar-refractivity contribution < 1.29 is 14.7 Å². The van der Waals surface area contributed by atoms with Crippen molar-refractivity contribution in [1.29, 1.82) is 0 Å². The molecule has 0 aromatic heterocycles. The van der Waals surface area contributed by atoms with E-state index in [0.717, 1.165) is 0 Å². The van der Waals surface area contributed by atoms with Crippen LogP contribution in [0, 0.1) is 5.92 Å². The second kappa shape index (κ2) is 7.11. The van der Waals surface area contributed by atoms with E-state index in [1.807, 2.05) is 6.07 Å². The van der Waals surface area contributed by atoms with Crippen molar-refractivity contribution in [1.82, 2.24) is 0 Å². The molecule has 1 unspecified atom stereocenters. The predicted molar refractivity (Wildman–Crippen MR) is 81.8 cm³/mol. The number of rotatable bonds is 5. The van der Waals surface area contributed by atoms with Crippen molar-refractivity contribution in [3.63, 3.8) is 0 Å². The molecule has 21 heavy (non-hydrogen) atoms. The zero-order chi connectivity index (χ0) is 15.2. The van der Waals surface area contributed by atoms with E-state index in [1.54, 1.807) is 55.5 Å². The lowest BCUT2D eigenvalue weighted by atomic mass is 10.1. The Balaban J connectivity index is 1.92. The smallest absolute Gasteiger partial charge is 0.256 e. The molecule has 0 saturated carbocycles. The van der Waals surface area contributed by atoms with Crippen molar-refractivity contribution in [2.75, 3.05) is 11.7 Å². The normalized spacial score (nSPS) is 11.8. The summed E-state index contributed by atoms with van der Waals surface area (Å²) in [5.41, 5.74) is 0.431. The Bertz CT molecular complexity index is 586. The van der Waals surface area contributed by atoms with Crippen LogP contribution in [-0.2, 0) is 4.79 Å². The van der Waals surface area contributed by atoms with Gasteiger partial charge in [0.05, 0.1) is 18.2 Å². The minimum Gasteiger partial charge on any atom is -0.493 e. The maximum absolute atomic E-state index is 12.1. The number of hydroxylamine groups is 1. The molecule has 2 aromatic carbocycles. The number of nitrogens with zero attached hydrogens (tertiary/aromatic N) is 1. The van der Waals surface area contributed by atoms with Crippen LogP contribution in [-0.4, -0.2) is 17.7 Å². The topological polar surface area (TPSA) is 49.8 Å². The van der Waals surface area contributed by atoms with Gasteiger partial charge in [-0.3, -0.25) is 10.0 Å². The van der Waals surface area contributed by atoms with Crippen molar-refractivity contribution in [2.45, 2.75) is 6.92 Å². The highest BCUT2D eigenvalue weighted by molar-refractivity contribution is 6.30. The van der Waals surface area contributed by atoms with Crippen LogP contribution in [0.1, 0.15) is 6.92 Å². The molecule has 0 radical (unpaired) electrons. The van der Waals surface area contributed by atoms with Crippen molar-refractivity contribution in [3.8, 4) is 5.75 Å². The fourth-order valence-electron chi connectivity index (χ4n) is 1.73. The summed E-state index contributed by atoms with van der Waals surface area (Å²) >= 11 is 5.78. The van der Waals surface area contributed by atoms with E-state index in [2.05, 4.69) is 0 Å². The van der Waals surface area contributed by atoms with E-state index >= 15 is 0 Å². The Hall–Kier alpha value is -2.04. The number of carbonyl (C=O) groups is 1. The Morgan fingerprint density at radius 2 is 1.81 bits per heavy atom. The third kappa shape index (κ3) is 4.21. The second-order valence-corrected chi connectivity index (χ2v) is 5.09. The molecule has 0 aliphatic carbocycles. The van der Waals surface area contributed by atoms with Gasteiger partial charge in [-0.15, -0.1) is 0 Å². The summed E-state index contributed by atoms with van der Waals surface area (Å²) in [5, 5.41) is 11.2. The van der Waals surface area contributed by atoms with Crippen LogP contribution in [0.5, 0.6) is 5.75 Å². The molecule has 0 heterocycles. The molecule has 4 nitrogen and oxygen atoms in total. The van der Waals surface area contributed by atoms with Gasteiger partial charge in [-0.1, -0.05) is 36.7 Å². The number of benzene rings is 2. The number of halogens is 1. The molecular formula is C16H16ClNO3. The summed E-state index contributed by atoms with van der Waals surface area (Å²) in [4.78, 5) is 12.1. The van der Waals surface area contributed by atoms with E-state index < -0.39 is 11.8 Å². The minimum absolute atomic E-state index is 0.171. The van der Waals surface area contributed by atoms with E-state index in [9.17, 15) is 10.0 Å². The van der Waals surface area contributed by atoms with Gasteiger partial charge in [-0.05, 0) is 36.4 Å². The summed E-state index contributed by atoms with van der Waals surface area (Å²) in [6.07, 6.45) is 0. The SMILES string of the molecule is CC(COc1ccc(Cl)cc1)C(=O)N(O)c1ccccc1. The Morgan fingerprint density at radius 3 is 2.43 bits per heavy atom. The molecule has 2 aromatic rings. The number of carbonyl (C=O) groups excluding carboxylic acids is 1. The van der Waals surface area contributed by atoms with E-state index in [0.29, 0.717) is 21.5 Å². The first-order valence-corrected chi connectivity index (χ1v) is 6.92. The fourth-order valence-corrected chi connectivity index (χ4v) is 1.85. The lowest BCUT2D eigenvalue weighted by Crippen LogP contribution is -2.34. The lowest BCUT2D eigenvalue weighted by molar-refractivity contribution is -0.127. The van der Waals surface area contributed by atoms with Gasteiger partial charge in [0.25, 0.3) is 5.91 Å². The van der Waals surface area contributed by atoms with Crippen LogP contribution in [0.2, 0.25) is 5.02 Å². The van der Waals surface area contributed by atoms with E-state index in [-0.39, 0.29) is 6.61 Å². The van der Waals surface area contributed by atoms with Crippen LogP contribution >= 0.6 is 11.6 Å². The summed E-state index contributed by atoms with van der Waals surface area (Å²) < 4.78 is 5.51. The van der Waals surface area contributed by atoms with Crippen molar-refractivity contribution >= 4 is 23.2 Å². The van der Waals surface area contributed by atoms with Crippen LogP contribution < -0.4 is 9.80 Å². The Kier molecular flexibility index (Phi) is 5.20. The monoisotopic (exact) mass is 305 g/mol. The molecule has 0 aliphatic rings. The first kappa shape index (κ1) is 15.4. The van der Waals surface area contributed by atoms with E-state index in [4.69, 9.17) is 16.3 Å². The highest BCUT2D eigenvalue weighted by atomic mass is 35.5.